The number of pyridine rings is 1. The number of esters is 1. The van der Waals surface area contributed by atoms with Crippen molar-refractivity contribution >= 4 is 17.6 Å². The second kappa shape index (κ2) is 9.60. The molecule has 1 aliphatic rings. The van der Waals surface area contributed by atoms with Gasteiger partial charge in [0, 0.05) is 29.1 Å². The van der Waals surface area contributed by atoms with Gasteiger partial charge in [0.15, 0.2) is 0 Å². The summed E-state index contributed by atoms with van der Waals surface area (Å²) in [6.07, 6.45) is -2.59. The highest BCUT2D eigenvalue weighted by Gasteiger charge is 2.53. The van der Waals surface area contributed by atoms with Crippen LogP contribution in [0.5, 0.6) is 5.88 Å². The van der Waals surface area contributed by atoms with Gasteiger partial charge in [-0.05, 0) is 55.7 Å². The van der Waals surface area contributed by atoms with Crippen LogP contribution in [0.3, 0.4) is 0 Å². The summed E-state index contributed by atoms with van der Waals surface area (Å²) in [7, 11) is 1.22. The molecule has 0 saturated heterocycles. The summed E-state index contributed by atoms with van der Waals surface area (Å²) in [5.74, 6) is -1.89. The fourth-order valence-electron chi connectivity index (χ4n) is 4.00. The van der Waals surface area contributed by atoms with Gasteiger partial charge in [0.05, 0.1) is 30.3 Å². The largest absolute Gasteiger partial charge is 0.478 e. The zero-order valence-electron chi connectivity index (χ0n) is 19.4. The standard InChI is InChI=1S/C26H22F4N2O4/c1-3-36-22-9-4-15(14-31-22)18-7-6-17(13-19(18)23(33)35-2)32-24(34)25(10-11-25)20-8-5-16(12-21(20)27)26(28,29)30/h4-9,12-14H,3,10-11H2,1-2H3,(H,32,34). The number of alkyl halides is 3. The van der Waals surface area contributed by atoms with Gasteiger partial charge in [-0.25, -0.2) is 14.2 Å². The van der Waals surface area contributed by atoms with Gasteiger partial charge in [0.1, 0.15) is 5.82 Å². The Morgan fingerprint density at radius 1 is 1.08 bits per heavy atom. The van der Waals surface area contributed by atoms with E-state index in [1.165, 1.54) is 19.4 Å². The van der Waals surface area contributed by atoms with Crippen molar-refractivity contribution in [2.24, 2.45) is 0 Å². The molecule has 0 spiro atoms. The third-order valence-electron chi connectivity index (χ3n) is 6.02. The molecule has 2 aromatic carbocycles. The molecule has 1 amide bonds. The second-order valence-corrected chi connectivity index (χ2v) is 8.30. The van der Waals surface area contributed by atoms with E-state index in [9.17, 15) is 27.2 Å². The highest BCUT2D eigenvalue weighted by Crippen LogP contribution is 2.50. The van der Waals surface area contributed by atoms with Crippen LogP contribution in [-0.4, -0.2) is 30.6 Å². The van der Waals surface area contributed by atoms with E-state index >= 15 is 0 Å². The maximum Gasteiger partial charge on any atom is 0.416 e. The molecule has 0 radical (unpaired) electrons. The van der Waals surface area contributed by atoms with Gasteiger partial charge in [-0.3, -0.25) is 4.79 Å². The van der Waals surface area contributed by atoms with Gasteiger partial charge in [0.2, 0.25) is 11.8 Å². The number of benzene rings is 2. The summed E-state index contributed by atoms with van der Waals surface area (Å²) in [6, 6.07) is 10.2. The number of aromatic nitrogens is 1. The molecule has 1 aromatic heterocycles. The van der Waals surface area contributed by atoms with Crippen molar-refractivity contribution in [3.05, 3.63) is 77.2 Å². The molecule has 0 aliphatic heterocycles. The van der Waals surface area contributed by atoms with Gasteiger partial charge in [-0.15, -0.1) is 0 Å². The molecule has 0 atom stereocenters. The van der Waals surface area contributed by atoms with Crippen LogP contribution in [0.15, 0.2) is 54.7 Å². The molecule has 1 saturated carbocycles. The number of hydrogen-bond donors (Lipinski definition) is 1. The lowest BCUT2D eigenvalue weighted by molar-refractivity contribution is -0.137. The minimum atomic E-state index is -4.69. The number of hydrogen-bond acceptors (Lipinski definition) is 5. The number of methoxy groups -OCH3 is 1. The Hall–Kier alpha value is -3.95. The van der Waals surface area contributed by atoms with E-state index in [0.29, 0.717) is 29.7 Å². The summed E-state index contributed by atoms with van der Waals surface area (Å²) in [4.78, 5) is 29.8. The SMILES string of the molecule is CCOc1ccc(-c2ccc(NC(=O)C3(c4ccc(C(F)(F)F)cc4F)CC3)cc2C(=O)OC)cn1. The molecule has 1 heterocycles. The van der Waals surface area contributed by atoms with Crippen molar-refractivity contribution in [2.75, 3.05) is 19.0 Å². The summed E-state index contributed by atoms with van der Waals surface area (Å²) in [5.41, 5.74) is -0.974. The zero-order valence-corrected chi connectivity index (χ0v) is 19.4. The lowest BCUT2D eigenvalue weighted by Gasteiger charge is -2.18. The number of carbonyl (C=O) groups is 2. The lowest BCUT2D eigenvalue weighted by Crippen LogP contribution is -2.29. The van der Waals surface area contributed by atoms with Crippen LogP contribution in [0, 0.1) is 5.82 Å². The van der Waals surface area contributed by atoms with Crippen molar-refractivity contribution in [3.8, 4) is 17.0 Å². The molecular formula is C26H22F4N2O4. The highest BCUT2D eigenvalue weighted by molar-refractivity contribution is 6.04. The number of nitrogens with one attached hydrogen (secondary N) is 1. The molecule has 3 aromatic rings. The van der Waals surface area contributed by atoms with E-state index < -0.39 is 34.8 Å². The van der Waals surface area contributed by atoms with Crippen LogP contribution in [0.25, 0.3) is 11.1 Å². The van der Waals surface area contributed by atoms with Crippen molar-refractivity contribution in [2.45, 2.75) is 31.4 Å². The lowest BCUT2D eigenvalue weighted by atomic mass is 9.93. The Balaban J connectivity index is 1.61. The van der Waals surface area contributed by atoms with Gasteiger partial charge >= 0.3 is 12.1 Å². The normalized spacial score (nSPS) is 14.2. The van der Waals surface area contributed by atoms with Crippen molar-refractivity contribution in [3.63, 3.8) is 0 Å². The molecular weight excluding hydrogens is 480 g/mol. The number of carbonyl (C=O) groups excluding carboxylic acids is 2. The number of rotatable bonds is 7. The van der Waals surface area contributed by atoms with Gasteiger partial charge < -0.3 is 14.8 Å². The van der Waals surface area contributed by atoms with Crippen molar-refractivity contribution < 1.29 is 36.6 Å². The molecule has 10 heteroatoms. The minimum absolute atomic E-state index is 0.0988. The third-order valence-corrected chi connectivity index (χ3v) is 6.02. The second-order valence-electron chi connectivity index (χ2n) is 8.30. The Morgan fingerprint density at radius 2 is 1.83 bits per heavy atom. The first-order valence-electron chi connectivity index (χ1n) is 11.1. The van der Waals surface area contributed by atoms with Crippen LogP contribution in [0.4, 0.5) is 23.2 Å². The predicted octanol–water partition coefficient (Wildman–Crippen LogP) is 5.76. The quantitative estimate of drug-likeness (QED) is 0.328. The molecule has 0 bridgehead atoms. The van der Waals surface area contributed by atoms with Crippen LogP contribution >= 0.6 is 0 Å². The molecule has 1 fully saturated rings. The number of amides is 1. The zero-order chi connectivity index (χ0) is 26.1. The monoisotopic (exact) mass is 502 g/mol. The number of halogens is 4. The first kappa shape index (κ1) is 25.2. The first-order valence-corrected chi connectivity index (χ1v) is 11.1. The molecule has 1 aliphatic carbocycles. The van der Waals surface area contributed by atoms with E-state index in [-0.39, 0.29) is 29.7 Å². The summed E-state index contributed by atoms with van der Waals surface area (Å²) >= 11 is 0. The average molecular weight is 502 g/mol. The number of anilines is 1. The molecule has 6 nitrogen and oxygen atoms in total. The average Bonchev–Trinajstić information content (AvgIpc) is 3.65. The Morgan fingerprint density at radius 3 is 2.39 bits per heavy atom. The minimum Gasteiger partial charge on any atom is -0.478 e. The molecule has 0 unspecified atom stereocenters. The summed E-state index contributed by atoms with van der Waals surface area (Å²) in [5, 5.41) is 2.67. The smallest absolute Gasteiger partial charge is 0.416 e. The van der Waals surface area contributed by atoms with E-state index in [2.05, 4.69) is 10.3 Å². The number of nitrogens with zero attached hydrogens (tertiary/aromatic N) is 1. The third kappa shape index (κ3) is 4.89. The summed E-state index contributed by atoms with van der Waals surface area (Å²) in [6.45, 7) is 2.28. The van der Waals surface area contributed by atoms with Crippen LogP contribution in [0.2, 0.25) is 0 Å². The topological polar surface area (TPSA) is 77.5 Å². The Kier molecular flexibility index (Phi) is 6.71. The van der Waals surface area contributed by atoms with Gasteiger partial charge in [0.25, 0.3) is 0 Å². The van der Waals surface area contributed by atoms with Crippen LogP contribution in [0.1, 0.15) is 41.3 Å². The van der Waals surface area contributed by atoms with E-state index in [0.717, 1.165) is 12.1 Å². The van der Waals surface area contributed by atoms with E-state index in [1.807, 2.05) is 6.92 Å². The van der Waals surface area contributed by atoms with Crippen molar-refractivity contribution in [1.82, 2.24) is 4.98 Å². The Bertz CT molecular complexity index is 1300. The van der Waals surface area contributed by atoms with Gasteiger partial charge in [-0.2, -0.15) is 13.2 Å². The van der Waals surface area contributed by atoms with Crippen LogP contribution < -0.4 is 10.1 Å². The maximum absolute atomic E-state index is 14.6. The van der Waals surface area contributed by atoms with E-state index in [4.69, 9.17) is 9.47 Å². The first-order chi connectivity index (χ1) is 17.1. The molecule has 36 heavy (non-hydrogen) atoms. The fourth-order valence-corrected chi connectivity index (χ4v) is 4.00. The fraction of sp³-hybridized carbons (Fsp3) is 0.269. The molecule has 1 N–H and O–H groups in total. The van der Waals surface area contributed by atoms with Gasteiger partial charge in [-0.1, -0.05) is 12.1 Å². The highest BCUT2D eigenvalue weighted by atomic mass is 19.4. The van der Waals surface area contributed by atoms with E-state index in [1.54, 1.807) is 24.3 Å². The predicted molar refractivity (Wildman–Crippen MR) is 123 cm³/mol. The number of ether oxygens (including phenoxy) is 2. The van der Waals surface area contributed by atoms with Crippen LogP contribution in [-0.2, 0) is 21.1 Å². The summed E-state index contributed by atoms with van der Waals surface area (Å²) < 4.78 is 63.5. The van der Waals surface area contributed by atoms with Crippen molar-refractivity contribution in [1.29, 1.82) is 0 Å². The molecule has 188 valence electrons. The maximum atomic E-state index is 14.6. The Labute approximate surface area is 204 Å². The molecule has 4 rings (SSSR count).